The summed E-state index contributed by atoms with van der Waals surface area (Å²) in [5.74, 6) is 4.01. The van der Waals surface area contributed by atoms with Crippen LogP contribution in [-0.2, 0) is 9.47 Å². The van der Waals surface area contributed by atoms with Gasteiger partial charge in [0.05, 0.1) is 36.6 Å². The fourth-order valence-corrected chi connectivity index (χ4v) is 15.6. The van der Waals surface area contributed by atoms with Gasteiger partial charge in [-0.3, -0.25) is 0 Å². The van der Waals surface area contributed by atoms with Crippen LogP contribution in [0.1, 0.15) is 146 Å². The Morgan fingerprint density at radius 1 is 0.560 bits per heavy atom. The second-order valence-electron chi connectivity index (χ2n) is 20.8. The number of ether oxygens (including phenoxy) is 2. The zero-order valence-corrected chi connectivity index (χ0v) is 31.9. The first-order valence-corrected chi connectivity index (χ1v) is 20.7. The molecule has 0 amide bonds. The molecule has 0 aromatic rings. The van der Waals surface area contributed by atoms with Crippen molar-refractivity contribution in [2.45, 2.75) is 188 Å². The number of hydrogen-bond donors (Lipinski definition) is 4. The first-order valence-electron chi connectivity index (χ1n) is 20.7. The summed E-state index contributed by atoms with van der Waals surface area (Å²) in [6, 6.07) is 0. The highest BCUT2D eigenvalue weighted by atomic mass is 16.8. The van der Waals surface area contributed by atoms with Gasteiger partial charge < -0.3 is 29.9 Å². The van der Waals surface area contributed by atoms with E-state index in [1.54, 1.807) is 0 Å². The largest absolute Gasteiger partial charge is 0.393 e. The summed E-state index contributed by atoms with van der Waals surface area (Å²) in [6.45, 7) is 20.8. The van der Waals surface area contributed by atoms with Crippen molar-refractivity contribution in [1.29, 1.82) is 0 Å². The number of aliphatic hydroxyl groups is 4. The van der Waals surface area contributed by atoms with Gasteiger partial charge in [0.25, 0.3) is 0 Å². The molecular weight excluding hydrogens is 624 g/mol. The highest BCUT2D eigenvalue weighted by molar-refractivity contribution is 5.24. The third-order valence-corrected chi connectivity index (χ3v) is 18.7. The topological polar surface area (TPSA) is 99.4 Å². The van der Waals surface area contributed by atoms with E-state index >= 15 is 0 Å². The van der Waals surface area contributed by atoms with E-state index in [1.165, 1.54) is 56.9 Å². The van der Waals surface area contributed by atoms with Gasteiger partial charge in [0.1, 0.15) is 0 Å². The predicted octanol–water partition coefficient (Wildman–Crippen LogP) is 8.29. The molecule has 9 aliphatic rings. The summed E-state index contributed by atoms with van der Waals surface area (Å²) in [5.41, 5.74) is 2.48. The lowest BCUT2D eigenvalue weighted by Gasteiger charge is -2.63. The molecule has 1 heterocycles. The Morgan fingerprint density at radius 3 is 1.78 bits per heavy atom. The molecule has 0 aromatic carbocycles. The van der Waals surface area contributed by atoms with Gasteiger partial charge >= 0.3 is 0 Å². The minimum atomic E-state index is -0.658. The first-order chi connectivity index (χ1) is 22.9. The summed E-state index contributed by atoms with van der Waals surface area (Å²) in [5, 5.41) is 42.5. The molecule has 9 fully saturated rings. The molecule has 1 saturated heterocycles. The molecule has 0 aromatic heterocycles. The van der Waals surface area contributed by atoms with Gasteiger partial charge in [0, 0.05) is 0 Å². The van der Waals surface area contributed by atoms with Crippen molar-refractivity contribution in [3.05, 3.63) is 12.2 Å². The molecule has 9 rings (SSSR count). The average Bonchev–Trinajstić information content (AvgIpc) is 3.66. The first kappa shape index (κ1) is 37.8. The molecular formula is C44H74O6. The highest BCUT2D eigenvalue weighted by Crippen LogP contribution is 2.70. The van der Waals surface area contributed by atoms with Crippen molar-refractivity contribution in [1.82, 2.24) is 0 Å². The molecule has 0 radical (unpaired) electrons. The normalized spacial score (nSPS) is 58.8. The summed E-state index contributed by atoms with van der Waals surface area (Å²) in [7, 11) is 0. The second kappa shape index (κ2) is 12.5. The Kier molecular flexibility index (Phi) is 9.46. The van der Waals surface area contributed by atoms with Crippen molar-refractivity contribution < 1.29 is 29.9 Å². The number of allylic oxidation sites excluding steroid dienone is 1. The monoisotopic (exact) mass is 699 g/mol. The van der Waals surface area contributed by atoms with Crippen molar-refractivity contribution in [2.24, 2.45) is 74.9 Å². The minimum Gasteiger partial charge on any atom is -0.393 e. The van der Waals surface area contributed by atoms with Crippen LogP contribution in [0.4, 0.5) is 0 Å². The third kappa shape index (κ3) is 5.28. The van der Waals surface area contributed by atoms with Crippen molar-refractivity contribution >= 4 is 0 Å². The van der Waals surface area contributed by atoms with Crippen molar-refractivity contribution in [2.75, 3.05) is 0 Å². The molecule has 8 saturated carbocycles. The minimum absolute atomic E-state index is 0. The summed E-state index contributed by atoms with van der Waals surface area (Å²) < 4.78 is 13.1. The maximum atomic E-state index is 11.0. The van der Waals surface area contributed by atoms with Crippen LogP contribution in [0.25, 0.3) is 0 Å². The van der Waals surface area contributed by atoms with Crippen molar-refractivity contribution in [3.63, 3.8) is 0 Å². The van der Waals surface area contributed by atoms with Gasteiger partial charge in [-0.05, 0) is 179 Å². The van der Waals surface area contributed by atoms with E-state index in [1.807, 2.05) is 0 Å². The SMILES string of the molecule is C.C=C1CCC2C3C(CC[C@]12C)[C@@]1(C)CC[C@H](O)CC1[C@H]1OC(C)(C)O[C@H]31.C[C@H]1CCC2C3C(CC[C@@]21C)[C@@]1(C)CC[C@H](O)CC1[C@@H](O)[C@@H]3O. The lowest BCUT2D eigenvalue weighted by molar-refractivity contribution is -0.222. The maximum Gasteiger partial charge on any atom is 0.163 e. The molecule has 4 N–H and O–H groups in total. The van der Waals surface area contributed by atoms with Gasteiger partial charge in [-0.2, -0.15) is 0 Å². The standard InChI is InChI=1S/C23H36O3.C20H34O3.CH4/c1-13-6-7-15-18-16(9-11-22(13,15)4)23(5)10-8-14(24)12-17(23)19-20(18)26-21(2,3)25-19;1-11-4-5-13-16-14(7-9-19(11,13)2)20(3)8-6-12(21)10-15(20)17(22)18(16)23;/h14-20,24H,1,6-12H2,2-5H3;11-18,21-23H,4-10H2,1-3H3;1H4/t14-,15?,16?,17?,18?,19+,20+,22+,23+;11-,12-,13?,14?,15?,16?,17+,18+,19+,20+;/m00./s1. The highest BCUT2D eigenvalue weighted by Gasteiger charge is 2.68. The van der Waals surface area contributed by atoms with Crippen LogP contribution in [0.2, 0.25) is 0 Å². The number of aliphatic hydroxyl groups excluding tert-OH is 4. The number of rotatable bonds is 0. The summed E-state index contributed by atoms with van der Waals surface area (Å²) in [4.78, 5) is 0. The van der Waals surface area contributed by atoms with E-state index in [9.17, 15) is 20.4 Å². The quantitative estimate of drug-likeness (QED) is 0.190. The van der Waals surface area contributed by atoms with E-state index in [4.69, 9.17) is 9.47 Å². The van der Waals surface area contributed by atoms with Crippen LogP contribution >= 0.6 is 0 Å². The lowest BCUT2D eigenvalue weighted by atomic mass is 9.43. The Balaban J connectivity index is 0.000000155. The van der Waals surface area contributed by atoms with Gasteiger partial charge in [0.15, 0.2) is 5.79 Å². The Morgan fingerprint density at radius 2 is 1.10 bits per heavy atom. The fraction of sp³-hybridized carbons (Fsp3) is 0.955. The molecule has 8 aliphatic carbocycles. The molecule has 0 spiro atoms. The van der Waals surface area contributed by atoms with E-state index < -0.39 is 18.0 Å². The fourth-order valence-electron chi connectivity index (χ4n) is 15.6. The van der Waals surface area contributed by atoms with Crippen LogP contribution in [0.3, 0.4) is 0 Å². The predicted molar refractivity (Wildman–Crippen MR) is 198 cm³/mol. The Labute approximate surface area is 304 Å². The molecule has 286 valence electrons. The van der Waals surface area contributed by atoms with Crippen LogP contribution in [0.15, 0.2) is 12.2 Å². The molecule has 50 heavy (non-hydrogen) atoms. The van der Waals surface area contributed by atoms with Crippen LogP contribution in [0, 0.1) is 74.9 Å². The Bertz CT molecular complexity index is 1300. The van der Waals surface area contributed by atoms with Crippen molar-refractivity contribution in [3.8, 4) is 0 Å². The van der Waals surface area contributed by atoms with E-state index in [0.29, 0.717) is 52.8 Å². The zero-order valence-electron chi connectivity index (χ0n) is 31.9. The molecule has 1 aliphatic heterocycles. The van der Waals surface area contributed by atoms with E-state index in [2.05, 4.69) is 55.0 Å². The van der Waals surface area contributed by atoms with Crippen LogP contribution < -0.4 is 0 Å². The number of fused-ring (bicyclic) bond motifs is 13. The van der Waals surface area contributed by atoms with Crippen LogP contribution in [0.5, 0.6) is 0 Å². The van der Waals surface area contributed by atoms with Gasteiger partial charge in [-0.25, -0.2) is 0 Å². The summed E-state index contributed by atoms with van der Waals surface area (Å²) in [6.07, 6.45) is 14.1. The zero-order chi connectivity index (χ0) is 35.1. The van der Waals surface area contributed by atoms with Crippen LogP contribution in [-0.4, -0.2) is 62.8 Å². The van der Waals surface area contributed by atoms with Gasteiger partial charge in [0.2, 0.25) is 0 Å². The van der Waals surface area contributed by atoms with E-state index in [-0.39, 0.29) is 54.5 Å². The molecule has 8 unspecified atom stereocenters. The van der Waals surface area contributed by atoms with Gasteiger partial charge in [-0.1, -0.05) is 54.2 Å². The third-order valence-electron chi connectivity index (χ3n) is 18.7. The van der Waals surface area contributed by atoms with E-state index in [0.717, 1.165) is 38.0 Å². The lowest BCUT2D eigenvalue weighted by Crippen LogP contribution is -2.64. The number of hydrogen-bond acceptors (Lipinski definition) is 6. The maximum absolute atomic E-state index is 11.0. The molecule has 0 bridgehead atoms. The van der Waals surface area contributed by atoms with Gasteiger partial charge in [-0.15, -0.1) is 0 Å². The summed E-state index contributed by atoms with van der Waals surface area (Å²) >= 11 is 0. The molecule has 19 atom stereocenters. The smallest absolute Gasteiger partial charge is 0.163 e. The molecule has 6 heteroatoms. The molecule has 6 nitrogen and oxygen atoms in total. The average molecular weight is 699 g/mol. The Hall–Kier alpha value is -0.500. The second-order valence-corrected chi connectivity index (χ2v) is 20.8.